The molecule has 1 aromatic heterocycles. The van der Waals surface area contributed by atoms with Crippen LogP contribution in [0.25, 0.3) is 5.69 Å². The maximum atomic E-state index is 11.4. The van der Waals surface area contributed by atoms with Crippen molar-refractivity contribution in [3.63, 3.8) is 0 Å². The first-order valence-electron chi connectivity index (χ1n) is 5.39. The van der Waals surface area contributed by atoms with Crippen LogP contribution >= 0.6 is 0 Å². The van der Waals surface area contributed by atoms with Crippen molar-refractivity contribution in [1.29, 1.82) is 0 Å². The summed E-state index contributed by atoms with van der Waals surface area (Å²) < 4.78 is 1.99. The number of hydrazine groups is 1. The zero-order chi connectivity index (χ0) is 12.4. The molecule has 2 rings (SSSR count). The average Bonchev–Trinajstić information content (AvgIpc) is 2.71. The lowest BCUT2D eigenvalue weighted by atomic mass is 10.2. The number of benzene rings is 1. The van der Waals surface area contributed by atoms with Gasteiger partial charge in [-0.25, -0.2) is 5.84 Å². The number of para-hydroxylation sites is 1. The second kappa shape index (κ2) is 4.43. The number of nitrogen functional groups attached to an aromatic ring is 1. The molecule has 0 unspecified atom stereocenters. The first-order chi connectivity index (χ1) is 8.13. The van der Waals surface area contributed by atoms with E-state index in [-0.39, 0.29) is 5.91 Å². The Hall–Kier alpha value is -2.07. The maximum absolute atomic E-state index is 11.4. The van der Waals surface area contributed by atoms with Crippen molar-refractivity contribution in [3.05, 3.63) is 53.3 Å². The summed E-state index contributed by atoms with van der Waals surface area (Å²) in [6.45, 7) is 4.00. The summed E-state index contributed by atoms with van der Waals surface area (Å²) in [5, 5.41) is 0. The molecule has 0 aliphatic rings. The molecule has 0 radical (unpaired) electrons. The van der Waals surface area contributed by atoms with Crippen molar-refractivity contribution >= 4 is 5.91 Å². The van der Waals surface area contributed by atoms with Crippen LogP contribution in [0.2, 0.25) is 0 Å². The lowest BCUT2D eigenvalue weighted by Crippen LogP contribution is -2.29. The molecule has 17 heavy (non-hydrogen) atoms. The Morgan fingerprint density at radius 2 is 2.00 bits per heavy atom. The molecule has 1 amide bonds. The van der Waals surface area contributed by atoms with Crippen LogP contribution in [0.3, 0.4) is 0 Å². The Labute approximate surface area is 100 Å². The summed E-state index contributed by atoms with van der Waals surface area (Å²) in [4.78, 5) is 11.4. The number of nitrogens with zero attached hydrogens (tertiary/aromatic N) is 1. The van der Waals surface area contributed by atoms with Gasteiger partial charge < -0.3 is 4.57 Å². The van der Waals surface area contributed by atoms with E-state index in [1.165, 1.54) is 0 Å². The zero-order valence-corrected chi connectivity index (χ0v) is 9.90. The molecule has 0 aliphatic heterocycles. The number of nitrogens with two attached hydrogens (primary N) is 1. The normalized spacial score (nSPS) is 10.3. The van der Waals surface area contributed by atoms with Gasteiger partial charge in [0.05, 0.1) is 5.56 Å². The van der Waals surface area contributed by atoms with E-state index < -0.39 is 0 Å². The minimum absolute atomic E-state index is 0.277. The minimum Gasteiger partial charge on any atom is -0.320 e. The third-order valence-electron chi connectivity index (χ3n) is 2.78. The predicted octanol–water partition coefficient (Wildman–Crippen LogP) is 1.70. The van der Waals surface area contributed by atoms with Crippen LogP contribution in [0.5, 0.6) is 0 Å². The molecular weight excluding hydrogens is 214 g/mol. The molecule has 0 atom stereocenters. The molecule has 88 valence electrons. The van der Waals surface area contributed by atoms with Gasteiger partial charge >= 0.3 is 0 Å². The molecule has 1 heterocycles. The first-order valence-corrected chi connectivity index (χ1v) is 5.39. The van der Waals surface area contributed by atoms with Crippen molar-refractivity contribution in [3.8, 4) is 5.69 Å². The topological polar surface area (TPSA) is 60.0 Å². The van der Waals surface area contributed by atoms with Crippen LogP contribution in [0.1, 0.15) is 21.6 Å². The number of aryl methyl sites for hydroxylation is 2. The average molecular weight is 229 g/mol. The molecular formula is C13H15N3O. The Morgan fingerprint density at radius 3 is 2.65 bits per heavy atom. The summed E-state index contributed by atoms with van der Waals surface area (Å²) in [7, 11) is 0. The van der Waals surface area contributed by atoms with Gasteiger partial charge in [0.15, 0.2) is 0 Å². The van der Waals surface area contributed by atoms with Crippen LogP contribution in [0.15, 0.2) is 36.5 Å². The van der Waals surface area contributed by atoms with Gasteiger partial charge in [0, 0.05) is 17.6 Å². The molecule has 2 aromatic rings. The van der Waals surface area contributed by atoms with E-state index in [0.717, 1.165) is 16.9 Å². The van der Waals surface area contributed by atoms with E-state index in [0.29, 0.717) is 5.56 Å². The summed E-state index contributed by atoms with van der Waals surface area (Å²) in [6.07, 6.45) is 1.79. The van der Waals surface area contributed by atoms with Gasteiger partial charge in [-0.05, 0) is 31.5 Å². The van der Waals surface area contributed by atoms with E-state index >= 15 is 0 Å². The van der Waals surface area contributed by atoms with Gasteiger partial charge in [-0.2, -0.15) is 0 Å². The Morgan fingerprint density at radius 1 is 1.29 bits per heavy atom. The highest BCUT2D eigenvalue weighted by molar-refractivity contribution is 5.94. The zero-order valence-electron chi connectivity index (χ0n) is 9.90. The van der Waals surface area contributed by atoms with Crippen molar-refractivity contribution in [2.45, 2.75) is 13.8 Å². The Bertz CT molecular complexity index is 558. The molecule has 3 N–H and O–H groups in total. The summed E-state index contributed by atoms with van der Waals surface area (Å²) in [5.41, 5.74) is 5.93. The van der Waals surface area contributed by atoms with E-state index in [4.69, 9.17) is 5.84 Å². The minimum atomic E-state index is -0.277. The van der Waals surface area contributed by atoms with E-state index in [9.17, 15) is 4.79 Å². The van der Waals surface area contributed by atoms with Crippen LogP contribution in [0.4, 0.5) is 0 Å². The number of aromatic nitrogens is 1. The molecule has 0 saturated heterocycles. The SMILES string of the molecule is Cc1ccccc1-n1cc(C(=O)NN)cc1C. The maximum Gasteiger partial charge on any atom is 0.266 e. The number of rotatable bonds is 2. The van der Waals surface area contributed by atoms with Crippen LogP contribution in [-0.4, -0.2) is 10.5 Å². The number of nitrogens with one attached hydrogen (secondary N) is 1. The highest BCUT2D eigenvalue weighted by atomic mass is 16.2. The largest absolute Gasteiger partial charge is 0.320 e. The lowest BCUT2D eigenvalue weighted by molar-refractivity contribution is 0.0953. The molecule has 0 aliphatic carbocycles. The van der Waals surface area contributed by atoms with Crippen LogP contribution < -0.4 is 11.3 Å². The molecule has 1 aromatic carbocycles. The van der Waals surface area contributed by atoms with Gasteiger partial charge in [-0.15, -0.1) is 0 Å². The smallest absolute Gasteiger partial charge is 0.266 e. The fourth-order valence-electron chi connectivity index (χ4n) is 1.87. The number of hydrogen-bond acceptors (Lipinski definition) is 2. The van der Waals surface area contributed by atoms with Gasteiger partial charge in [0.1, 0.15) is 0 Å². The van der Waals surface area contributed by atoms with Crippen LogP contribution in [-0.2, 0) is 0 Å². The third-order valence-corrected chi connectivity index (χ3v) is 2.78. The molecule has 0 bridgehead atoms. The molecule has 0 saturated carbocycles. The Balaban J connectivity index is 2.50. The van der Waals surface area contributed by atoms with E-state index in [1.807, 2.05) is 48.7 Å². The molecule has 0 spiro atoms. The quantitative estimate of drug-likeness (QED) is 0.468. The molecule has 4 heteroatoms. The van der Waals surface area contributed by atoms with E-state index in [2.05, 4.69) is 5.43 Å². The van der Waals surface area contributed by atoms with Crippen molar-refractivity contribution in [1.82, 2.24) is 9.99 Å². The van der Waals surface area contributed by atoms with Crippen LogP contribution in [0, 0.1) is 13.8 Å². The monoisotopic (exact) mass is 229 g/mol. The highest BCUT2D eigenvalue weighted by Gasteiger charge is 2.10. The van der Waals surface area contributed by atoms with Gasteiger partial charge in [-0.3, -0.25) is 10.2 Å². The van der Waals surface area contributed by atoms with Crippen molar-refractivity contribution < 1.29 is 4.79 Å². The van der Waals surface area contributed by atoms with Gasteiger partial charge in [0.2, 0.25) is 0 Å². The van der Waals surface area contributed by atoms with Gasteiger partial charge in [0.25, 0.3) is 5.91 Å². The number of hydrogen-bond donors (Lipinski definition) is 2. The predicted molar refractivity (Wildman–Crippen MR) is 66.9 cm³/mol. The highest BCUT2D eigenvalue weighted by Crippen LogP contribution is 2.18. The summed E-state index contributed by atoms with van der Waals surface area (Å²) in [5.74, 6) is 4.85. The van der Waals surface area contributed by atoms with Crippen molar-refractivity contribution in [2.75, 3.05) is 0 Å². The van der Waals surface area contributed by atoms with Crippen molar-refractivity contribution in [2.24, 2.45) is 5.84 Å². The molecule has 4 nitrogen and oxygen atoms in total. The second-order valence-electron chi connectivity index (χ2n) is 4.00. The number of carbonyl (C=O) groups excluding carboxylic acids is 1. The second-order valence-corrected chi connectivity index (χ2v) is 4.00. The fraction of sp³-hybridized carbons (Fsp3) is 0.154. The van der Waals surface area contributed by atoms with Gasteiger partial charge in [-0.1, -0.05) is 18.2 Å². The van der Waals surface area contributed by atoms with E-state index in [1.54, 1.807) is 6.20 Å². The lowest BCUT2D eigenvalue weighted by Gasteiger charge is -2.08. The third kappa shape index (κ3) is 2.07. The Kier molecular flexibility index (Phi) is 2.97. The first kappa shape index (κ1) is 11.4. The number of carbonyl (C=O) groups is 1. The molecule has 0 fully saturated rings. The summed E-state index contributed by atoms with van der Waals surface area (Å²) in [6, 6.07) is 9.84. The number of amides is 1. The standard InChI is InChI=1S/C13H15N3O/c1-9-5-3-4-6-12(9)16-8-11(7-10(16)2)13(17)15-14/h3-8H,14H2,1-2H3,(H,15,17). The summed E-state index contributed by atoms with van der Waals surface area (Å²) >= 11 is 0. The fourth-order valence-corrected chi connectivity index (χ4v) is 1.87.